The van der Waals surface area contributed by atoms with Gasteiger partial charge in [-0.3, -0.25) is 29.6 Å². The number of amides is 3. The van der Waals surface area contributed by atoms with Crippen LogP contribution in [0.3, 0.4) is 0 Å². The van der Waals surface area contributed by atoms with Crippen LogP contribution in [-0.4, -0.2) is 78.6 Å². The summed E-state index contributed by atoms with van der Waals surface area (Å²) in [5.74, 6) is -0.344. The predicted molar refractivity (Wildman–Crippen MR) is 201 cm³/mol. The van der Waals surface area contributed by atoms with Crippen molar-refractivity contribution in [3.8, 4) is 34.0 Å². The molecular formula is C40H40FN9O6. The third-order valence-corrected chi connectivity index (χ3v) is 9.05. The van der Waals surface area contributed by atoms with Gasteiger partial charge < -0.3 is 19.3 Å². The summed E-state index contributed by atoms with van der Waals surface area (Å²) >= 11 is 0. The molecule has 1 atom stereocenters. The van der Waals surface area contributed by atoms with Crippen molar-refractivity contribution >= 4 is 23.2 Å². The van der Waals surface area contributed by atoms with Gasteiger partial charge in [-0.25, -0.2) is 13.9 Å². The number of aromatic nitrogens is 6. The Morgan fingerprint density at radius 1 is 1.05 bits per heavy atom. The Labute approximate surface area is 321 Å². The van der Waals surface area contributed by atoms with Gasteiger partial charge in [0.05, 0.1) is 16.9 Å². The molecule has 0 radical (unpaired) electrons. The van der Waals surface area contributed by atoms with Crippen molar-refractivity contribution in [2.24, 2.45) is 0 Å². The molecule has 0 bridgehead atoms. The molecule has 6 aromatic rings. The quantitative estimate of drug-likeness (QED) is 0.152. The average molecular weight is 762 g/mol. The first-order valence-corrected chi connectivity index (χ1v) is 18.0. The van der Waals surface area contributed by atoms with Crippen molar-refractivity contribution in [3.05, 3.63) is 108 Å². The Hall–Kier alpha value is -6.55. The van der Waals surface area contributed by atoms with Crippen molar-refractivity contribution in [1.29, 1.82) is 0 Å². The number of likely N-dealkylation sites (N-methyl/N-ethyl adjacent to an activating group) is 1. The molecule has 1 aliphatic heterocycles. The maximum absolute atomic E-state index is 15.3. The number of pyridine rings is 1. The molecule has 1 saturated heterocycles. The maximum atomic E-state index is 15.3. The number of nitrogens with zero attached hydrogens (tertiary/aromatic N) is 7. The summed E-state index contributed by atoms with van der Waals surface area (Å²) < 4.78 is 33.8. The Kier molecular flexibility index (Phi) is 10.8. The van der Waals surface area contributed by atoms with Crippen molar-refractivity contribution in [2.75, 3.05) is 20.2 Å². The van der Waals surface area contributed by atoms with E-state index in [4.69, 9.17) is 19.0 Å². The van der Waals surface area contributed by atoms with E-state index in [0.717, 1.165) is 16.8 Å². The fraction of sp³-hybridized carbons (Fsp3) is 0.300. The zero-order valence-corrected chi connectivity index (χ0v) is 31.3. The molecule has 56 heavy (non-hydrogen) atoms. The van der Waals surface area contributed by atoms with Gasteiger partial charge in [-0.05, 0) is 55.1 Å². The second-order valence-electron chi connectivity index (χ2n) is 14.5. The van der Waals surface area contributed by atoms with Crippen LogP contribution < -0.4 is 20.1 Å². The third-order valence-electron chi connectivity index (χ3n) is 9.05. The van der Waals surface area contributed by atoms with Crippen LogP contribution in [0.1, 0.15) is 61.2 Å². The van der Waals surface area contributed by atoms with E-state index in [9.17, 15) is 14.4 Å². The molecule has 2 aromatic carbocycles. The largest absolute Gasteiger partial charge is 0.492 e. The molecule has 7 rings (SSSR count). The number of benzene rings is 2. The number of hydrogen-bond donors (Lipinski definition) is 2. The highest BCUT2D eigenvalue weighted by molar-refractivity contribution is 6.00. The van der Waals surface area contributed by atoms with E-state index < -0.39 is 29.2 Å². The van der Waals surface area contributed by atoms with Gasteiger partial charge >= 0.3 is 0 Å². The SMILES string of the molecule is CN(CCOc1ccc(OC2CCC(=O)NC2=O)cc1)Cc1ccc(-c2cc3c(-c4ccc(CNC(=O)c5noc(C(C)(C)C)n5)c(F)c4)ncnn3c2)nc1. The Balaban J connectivity index is 0.917. The molecule has 1 fully saturated rings. The van der Waals surface area contributed by atoms with Crippen LogP contribution in [0.15, 0.2) is 83.9 Å². The zero-order valence-electron chi connectivity index (χ0n) is 31.3. The first-order chi connectivity index (χ1) is 26.9. The molecule has 0 aliphatic carbocycles. The lowest BCUT2D eigenvalue weighted by molar-refractivity contribution is -0.138. The maximum Gasteiger partial charge on any atom is 0.292 e. The number of carbonyl (C=O) groups is 3. The molecule has 16 heteroatoms. The minimum atomic E-state index is -0.687. The third kappa shape index (κ3) is 8.87. The number of hydrogen-bond acceptors (Lipinski definition) is 12. The van der Waals surface area contributed by atoms with Crippen LogP contribution in [0.5, 0.6) is 11.5 Å². The summed E-state index contributed by atoms with van der Waals surface area (Å²) in [7, 11) is 2.00. The molecule has 4 aromatic heterocycles. The van der Waals surface area contributed by atoms with Gasteiger partial charge in [-0.2, -0.15) is 10.1 Å². The molecule has 2 N–H and O–H groups in total. The van der Waals surface area contributed by atoms with Crippen molar-refractivity contribution in [3.63, 3.8) is 0 Å². The standard InChI is InChI=1S/C40H40FN9O6/c1-40(2,3)39-47-36(48-56-39)38(53)43-20-26-7-6-25(17-30(26)41)35-32-18-27(22-50(32)45-23-44-35)31-12-5-24(19-42-31)21-49(4)15-16-54-28-8-10-29(11-9-28)55-33-13-14-34(51)46-37(33)52/h5-12,17-19,22-23,33H,13-16,20-21H2,1-4H3,(H,43,53)(H,46,51,52). The summed E-state index contributed by atoms with van der Waals surface area (Å²) in [4.78, 5) is 51.3. The summed E-state index contributed by atoms with van der Waals surface area (Å²) in [6.07, 6.45) is 5.02. The first kappa shape index (κ1) is 37.8. The Bertz CT molecular complexity index is 2370. The molecular weight excluding hydrogens is 721 g/mol. The molecule has 288 valence electrons. The van der Waals surface area contributed by atoms with Crippen LogP contribution >= 0.6 is 0 Å². The van der Waals surface area contributed by atoms with E-state index in [1.54, 1.807) is 40.9 Å². The molecule has 3 amide bonds. The number of piperidine rings is 1. The van der Waals surface area contributed by atoms with Crippen molar-refractivity contribution < 1.29 is 32.8 Å². The van der Waals surface area contributed by atoms with Crippen LogP contribution in [-0.2, 0) is 28.1 Å². The smallest absolute Gasteiger partial charge is 0.292 e. The number of halogens is 1. The summed E-state index contributed by atoms with van der Waals surface area (Å²) in [6, 6.07) is 17.7. The first-order valence-electron chi connectivity index (χ1n) is 18.0. The van der Waals surface area contributed by atoms with Gasteiger partial charge in [0.1, 0.15) is 30.3 Å². The summed E-state index contributed by atoms with van der Waals surface area (Å²) in [5, 5.41) is 13.0. The second-order valence-corrected chi connectivity index (χ2v) is 14.5. The number of ether oxygens (including phenoxy) is 2. The zero-order chi connectivity index (χ0) is 39.4. The number of fused-ring (bicyclic) bond motifs is 1. The molecule has 5 heterocycles. The second kappa shape index (κ2) is 16.0. The van der Waals surface area contributed by atoms with Crippen molar-refractivity contribution in [1.82, 2.24) is 45.3 Å². The van der Waals surface area contributed by atoms with Gasteiger partial charge in [0, 0.05) is 67.0 Å². The fourth-order valence-corrected chi connectivity index (χ4v) is 5.97. The minimum Gasteiger partial charge on any atom is -0.492 e. The minimum absolute atomic E-state index is 0.0639. The Morgan fingerprint density at radius 3 is 2.57 bits per heavy atom. The predicted octanol–water partition coefficient (Wildman–Crippen LogP) is 4.90. The van der Waals surface area contributed by atoms with Gasteiger partial charge in [-0.1, -0.05) is 44.1 Å². The van der Waals surface area contributed by atoms with E-state index in [1.165, 1.54) is 12.4 Å². The molecule has 1 aliphatic rings. The molecule has 1 unspecified atom stereocenters. The van der Waals surface area contributed by atoms with E-state index in [1.807, 2.05) is 58.4 Å². The highest BCUT2D eigenvalue weighted by Gasteiger charge is 2.28. The van der Waals surface area contributed by atoms with Gasteiger partial charge in [-0.15, -0.1) is 0 Å². The highest BCUT2D eigenvalue weighted by atomic mass is 19.1. The van der Waals surface area contributed by atoms with Crippen LogP contribution in [0, 0.1) is 5.82 Å². The number of carbonyl (C=O) groups excluding carboxylic acids is 3. The lowest BCUT2D eigenvalue weighted by Gasteiger charge is -2.22. The topological polar surface area (TPSA) is 179 Å². The number of nitrogens with one attached hydrogen (secondary N) is 2. The van der Waals surface area contributed by atoms with Gasteiger partial charge in [0.15, 0.2) is 6.10 Å². The normalized spacial score (nSPS) is 14.6. The van der Waals surface area contributed by atoms with E-state index in [-0.39, 0.29) is 30.3 Å². The van der Waals surface area contributed by atoms with E-state index in [0.29, 0.717) is 60.3 Å². The Morgan fingerprint density at radius 2 is 1.86 bits per heavy atom. The lowest BCUT2D eigenvalue weighted by Crippen LogP contribution is -2.46. The van der Waals surface area contributed by atoms with Crippen LogP contribution in [0.2, 0.25) is 0 Å². The summed E-state index contributed by atoms with van der Waals surface area (Å²) in [6.45, 7) is 7.40. The summed E-state index contributed by atoms with van der Waals surface area (Å²) in [5.41, 5.74) is 4.24. The van der Waals surface area contributed by atoms with E-state index >= 15 is 4.39 Å². The molecule has 0 spiro atoms. The van der Waals surface area contributed by atoms with Crippen LogP contribution in [0.4, 0.5) is 4.39 Å². The lowest BCUT2D eigenvalue weighted by atomic mass is 9.97. The number of rotatable bonds is 13. The highest BCUT2D eigenvalue weighted by Crippen LogP contribution is 2.29. The molecule has 0 saturated carbocycles. The van der Waals surface area contributed by atoms with Crippen molar-refractivity contribution in [2.45, 2.75) is 58.2 Å². The average Bonchev–Trinajstić information content (AvgIpc) is 3.85. The van der Waals surface area contributed by atoms with Gasteiger partial charge in [0.25, 0.3) is 17.6 Å². The van der Waals surface area contributed by atoms with Crippen LogP contribution in [0.25, 0.3) is 28.0 Å². The molecule has 15 nitrogen and oxygen atoms in total. The number of imide groups is 1. The monoisotopic (exact) mass is 761 g/mol. The van der Waals surface area contributed by atoms with Gasteiger partial charge in [0.2, 0.25) is 11.8 Å². The van der Waals surface area contributed by atoms with E-state index in [2.05, 4.69) is 35.8 Å². The fourth-order valence-electron chi connectivity index (χ4n) is 5.97.